The molecular formula is C10H24O4Si2. The van der Waals surface area contributed by atoms with E-state index in [9.17, 15) is 4.79 Å². The predicted molar refractivity (Wildman–Crippen MR) is 69.8 cm³/mol. The third-order valence-electron chi connectivity index (χ3n) is 2.09. The highest BCUT2D eigenvalue weighted by Gasteiger charge is 2.18. The standard InChI is InChI=1S/C10H24O4Si2/c1-5-6-9(11)12-7-8(2)10(13-15-3)14-16-4/h8,10H,5-7,15-16H2,1-4H3. The number of ether oxygens (including phenoxy) is 1. The van der Waals surface area contributed by atoms with E-state index in [0.717, 1.165) is 6.42 Å². The Balaban J connectivity index is 3.89. The summed E-state index contributed by atoms with van der Waals surface area (Å²) >= 11 is 0. The van der Waals surface area contributed by atoms with Gasteiger partial charge in [-0.05, 0) is 6.42 Å². The average Bonchev–Trinajstić information content (AvgIpc) is 2.26. The van der Waals surface area contributed by atoms with Crippen LogP contribution in [0.4, 0.5) is 0 Å². The fourth-order valence-corrected chi connectivity index (χ4v) is 2.98. The molecule has 0 fully saturated rings. The van der Waals surface area contributed by atoms with E-state index < -0.39 is 19.5 Å². The molecule has 0 aromatic heterocycles. The lowest BCUT2D eigenvalue weighted by Gasteiger charge is -2.24. The van der Waals surface area contributed by atoms with E-state index in [1.807, 2.05) is 13.8 Å². The Labute approximate surface area is 103 Å². The first kappa shape index (κ1) is 15.8. The zero-order valence-corrected chi connectivity index (χ0v) is 13.7. The van der Waals surface area contributed by atoms with Gasteiger partial charge in [0.2, 0.25) is 0 Å². The van der Waals surface area contributed by atoms with Gasteiger partial charge in [-0.2, -0.15) is 0 Å². The van der Waals surface area contributed by atoms with Gasteiger partial charge >= 0.3 is 5.97 Å². The predicted octanol–water partition coefficient (Wildman–Crippen LogP) is 0.589. The van der Waals surface area contributed by atoms with E-state index in [2.05, 4.69) is 13.1 Å². The van der Waals surface area contributed by atoms with E-state index >= 15 is 0 Å². The van der Waals surface area contributed by atoms with E-state index in [4.69, 9.17) is 13.6 Å². The third kappa shape index (κ3) is 7.16. The number of hydrogen-bond donors (Lipinski definition) is 0. The fourth-order valence-electron chi connectivity index (χ4n) is 1.28. The molecule has 0 aromatic rings. The Hall–Kier alpha value is -0.176. The summed E-state index contributed by atoms with van der Waals surface area (Å²) in [6.07, 6.45) is 1.15. The molecule has 4 nitrogen and oxygen atoms in total. The maximum Gasteiger partial charge on any atom is 0.305 e. The van der Waals surface area contributed by atoms with Crippen molar-refractivity contribution in [3.05, 3.63) is 0 Å². The van der Waals surface area contributed by atoms with Crippen LogP contribution >= 0.6 is 0 Å². The molecule has 16 heavy (non-hydrogen) atoms. The molecule has 0 saturated heterocycles. The molecule has 0 spiro atoms. The molecule has 96 valence electrons. The smallest absolute Gasteiger partial charge is 0.305 e. The molecule has 0 radical (unpaired) electrons. The highest BCUT2D eigenvalue weighted by atomic mass is 28.2. The third-order valence-corrected chi connectivity index (χ3v) is 3.41. The summed E-state index contributed by atoms with van der Waals surface area (Å²) in [6.45, 7) is 8.50. The minimum Gasteiger partial charge on any atom is -0.465 e. The lowest BCUT2D eigenvalue weighted by atomic mass is 10.2. The first-order chi connectivity index (χ1) is 7.65. The van der Waals surface area contributed by atoms with Crippen LogP contribution in [0, 0.1) is 5.92 Å². The molecule has 0 rings (SSSR count). The van der Waals surface area contributed by atoms with Crippen LogP contribution in [0.5, 0.6) is 0 Å². The van der Waals surface area contributed by atoms with Crippen LogP contribution in [0.1, 0.15) is 26.7 Å². The molecule has 0 aliphatic carbocycles. The van der Waals surface area contributed by atoms with Crippen molar-refractivity contribution < 1.29 is 18.4 Å². The maximum atomic E-state index is 11.2. The lowest BCUT2D eigenvalue weighted by molar-refractivity contribution is -0.148. The minimum atomic E-state index is -0.486. The SMILES string of the molecule is CCCC(=O)OCC(C)C(O[SiH2]C)O[SiH2]C. The highest BCUT2D eigenvalue weighted by molar-refractivity contribution is 6.26. The van der Waals surface area contributed by atoms with Gasteiger partial charge in [0.15, 0.2) is 19.5 Å². The number of carbonyl (C=O) groups excluding carboxylic acids is 1. The van der Waals surface area contributed by atoms with Gasteiger partial charge in [0.1, 0.15) is 6.29 Å². The first-order valence-corrected chi connectivity index (χ1v) is 10.0. The second-order valence-corrected chi connectivity index (χ2v) is 5.51. The summed E-state index contributed by atoms with van der Waals surface area (Å²) in [5, 5.41) is 0. The lowest BCUT2D eigenvalue weighted by Crippen LogP contribution is -2.31. The van der Waals surface area contributed by atoms with Crippen molar-refractivity contribution in [3.8, 4) is 0 Å². The van der Waals surface area contributed by atoms with Gasteiger partial charge in [0, 0.05) is 12.3 Å². The van der Waals surface area contributed by atoms with Crippen LogP contribution in [0.25, 0.3) is 0 Å². The van der Waals surface area contributed by atoms with Crippen LogP contribution in [0.3, 0.4) is 0 Å². The van der Waals surface area contributed by atoms with E-state index in [0.29, 0.717) is 13.0 Å². The van der Waals surface area contributed by atoms with Crippen LogP contribution in [0.15, 0.2) is 0 Å². The van der Waals surface area contributed by atoms with Gasteiger partial charge in [0.05, 0.1) is 6.61 Å². The summed E-state index contributed by atoms with van der Waals surface area (Å²) in [5.41, 5.74) is 0. The number of esters is 1. The zero-order chi connectivity index (χ0) is 12.4. The zero-order valence-electron chi connectivity index (χ0n) is 10.8. The molecule has 0 N–H and O–H groups in total. The van der Waals surface area contributed by atoms with Crippen molar-refractivity contribution in [3.63, 3.8) is 0 Å². The van der Waals surface area contributed by atoms with Gasteiger partial charge in [0.25, 0.3) is 0 Å². The van der Waals surface area contributed by atoms with Gasteiger partial charge < -0.3 is 13.6 Å². The van der Waals surface area contributed by atoms with Crippen LogP contribution < -0.4 is 0 Å². The molecule has 1 unspecified atom stereocenters. The Kier molecular flexibility index (Phi) is 9.90. The number of rotatable bonds is 9. The van der Waals surface area contributed by atoms with Crippen molar-refractivity contribution >= 4 is 25.5 Å². The van der Waals surface area contributed by atoms with Crippen LogP contribution in [-0.2, 0) is 18.4 Å². The summed E-state index contributed by atoms with van der Waals surface area (Å²) in [7, 11) is -0.972. The summed E-state index contributed by atoms with van der Waals surface area (Å²) in [4.78, 5) is 11.2. The average molecular weight is 264 g/mol. The molecule has 0 heterocycles. The summed E-state index contributed by atoms with van der Waals surface area (Å²) in [5.74, 6) is -0.00343. The van der Waals surface area contributed by atoms with Gasteiger partial charge in [-0.1, -0.05) is 26.9 Å². The molecule has 0 aliphatic heterocycles. The molecule has 0 bridgehead atoms. The largest absolute Gasteiger partial charge is 0.465 e. The van der Waals surface area contributed by atoms with Crippen molar-refractivity contribution in [1.29, 1.82) is 0 Å². The highest BCUT2D eigenvalue weighted by Crippen LogP contribution is 2.09. The summed E-state index contributed by atoms with van der Waals surface area (Å²) in [6, 6.07) is 0. The van der Waals surface area contributed by atoms with Gasteiger partial charge in [-0.3, -0.25) is 4.79 Å². The molecule has 1 atom stereocenters. The first-order valence-electron chi connectivity index (χ1n) is 6.04. The summed E-state index contributed by atoms with van der Waals surface area (Å²) < 4.78 is 16.3. The quantitative estimate of drug-likeness (QED) is 0.347. The Bertz CT molecular complexity index is 184. The van der Waals surface area contributed by atoms with Crippen molar-refractivity contribution in [2.75, 3.05) is 6.61 Å². The molecular weight excluding hydrogens is 240 g/mol. The Morgan fingerprint density at radius 2 is 1.81 bits per heavy atom. The molecule has 0 aliphatic rings. The van der Waals surface area contributed by atoms with E-state index in [-0.39, 0.29) is 18.2 Å². The normalized spacial score (nSPS) is 16.0. The van der Waals surface area contributed by atoms with Gasteiger partial charge in [-0.15, -0.1) is 0 Å². The Morgan fingerprint density at radius 1 is 1.25 bits per heavy atom. The van der Waals surface area contributed by atoms with Gasteiger partial charge in [-0.25, -0.2) is 0 Å². The second-order valence-electron chi connectivity index (χ2n) is 3.69. The topological polar surface area (TPSA) is 44.8 Å². The fraction of sp³-hybridized carbons (Fsp3) is 0.900. The van der Waals surface area contributed by atoms with E-state index in [1.165, 1.54) is 0 Å². The molecule has 0 aromatic carbocycles. The van der Waals surface area contributed by atoms with Crippen molar-refractivity contribution in [1.82, 2.24) is 0 Å². The van der Waals surface area contributed by atoms with Crippen molar-refractivity contribution in [2.45, 2.75) is 46.1 Å². The maximum absolute atomic E-state index is 11.2. The molecule has 0 amide bonds. The second kappa shape index (κ2) is 10.0. The molecule has 6 heteroatoms. The number of carbonyl (C=O) groups is 1. The van der Waals surface area contributed by atoms with Crippen molar-refractivity contribution in [2.24, 2.45) is 5.92 Å². The monoisotopic (exact) mass is 264 g/mol. The molecule has 0 saturated carbocycles. The van der Waals surface area contributed by atoms with Crippen LogP contribution in [0.2, 0.25) is 13.1 Å². The minimum absolute atomic E-state index is 0.126. The number of hydrogen-bond acceptors (Lipinski definition) is 4. The van der Waals surface area contributed by atoms with Crippen LogP contribution in [-0.4, -0.2) is 38.4 Å². The van der Waals surface area contributed by atoms with E-state index in [1.54, 1.807) is 0 Å². The Morgan fingerprint density at radius 3 is 2.25 bits per heavy atom.